The molecule has 2 aromatic rings. The number of nitrogens with two attached hydrogens (primary N) is 1. The van der Waals surface area contributed by atoms with Crippen LogP contribution in [0.4, 0.5) is 0 Å². The normalized spacial score (nSPS) is 11.7. The number of nitriles is 1. The molecule has 0 aliphatic carbocycles. The van der Waals surface area contributed by atoms with Crippen molar-refractivity contribution in [2.45, 2.75) is 0 Å². The summed E-state index contributed by atoms with van der Waals surface area (Å²) in [4.78, 5) is 1.94. The number of thiocarbonyl (C=S) groups is 1. The van der Waals surface area contributed by atoms with Crippen LogP contribution in [0.15, 0.2) is 42.0 Å². The summed E-state index contributed by atoms with van der Waals surface area (Å²) in [6, 6.07) is 9.15. The van der Waals surface area contributed by atoms with Crippen LogP contribution in [0.5, 0.6) is 0 Å². The molecular formula is C16H9Cl3N2S2. The van der Waals surface area contributed by atoms with E-state index in [-0.39, 0.29) is 10.6 Å². The van der Waals surface area contributed by atoms with Gasteiger partial charge in [0.05, 0.1) is 20.6 Å². The average Bonchev–Trinajstić information content (AvgIpc) is 2.96. The van der Waals surface area contributed by atoms with Crippen molar-refractivity contribution in [1.82, 2.24) is 0 Å². The zero-order valence-corrected chi connectivity index (χ0v) is 15.4. The number of allylic oxidation sites excluding steroid dienone is 2. The molecule has 0 aliphatic heterocycles. The molecule has 0 amide bonds. The Morgan fingerprint density at radius 1 is 1.17 bits per heavy atom. The molecule has 2 nitrogen and oxygen atoms in total. The fourth-order valence-electron chi connectivity index (χ4n) is 1.74. The minimum absolute atomic E-state index is 0.0708. The molecule has 1 aromatic carbocycles. The molecule has 0 aliphatic rings. The Kier molecular flexibility index (Phi) is 6.23. The highest BCUT2D eigenvalue weighted by Crippen LogP contribution is 2.42. The Bertz CT molecular complexity index is 861. The van der Waals surface area contributed by atoms with Gasteiger partial charge in [-0.1, -0.05) is 53.1 Å². The van der Waals surface area contributed by atoms with E-state index >= 15 is 0 Å². The number of halogens is 3. The topological polar surface area (TPSA) is 49.8 Å². The number of hydrogen-bond acceptors (Lipinski definition) is 3. The zero-order valence-electron chi connectivity index (χ0n) is 11.5. The van der Waals surface area contributed by atoms with Crippen LogP contribution >= 0.6 is 58.4 Å². The minimum atomic E-state index is 0.0708. The Morgan fingerprint density at radius 3 is 2.52 bits per heavy atom. The van der Waals surface area contributed by atoms with Gasteiger partial charge in [0.25, 0.3) is 0 Å². The number of benzene rings is 1. The Morgan fingerprint density at radius 2 is 1.87 bits per heavy atom. The number of thiophene rings is 1. The van der Waals surface area contributed by atoms with Gasteiger partial charge in [0.2, 0.25) is 0 Å². The quantitative estimate of drug-likeness (QED) is 0.221. The smallest absolute Gasteiger partial charge is 0.114 e. The first-order chi connectivity index (χ1) is 10.9. The van der Waals surface area contributed by atoms with Gasteiger partial charge >= 0.3 is 0 Å². The fraction of sp³-hybridized carbons (Fsp3) is 0. The lowest BCUT2D eigenvalue weighted by Crippen LogP contribution is -2.09. The molecule has 116 valence electrons. The predicted octanol–water partition coefficient (Wildman–Crippen LogP) is 6.12. The molecule has 0 saturated carbocycles. The molecule has 0 fully saturated rings. The van der Waals surface area contributed by atoms with Crippen molar-refractivity contribution in [3.05, 3.63) is 61.9 Å². The van der Waals surface area contributed by atoms with Crippen LogP contribution in [0.2, 0.25) is 15.1 Å². The summed E-state index contributed by atoms with van der Waals surface area (Å²) in [7, 11) is 0. The van der Waals surface area contributed by atoms with Crippen molar-refractivity contribution >= 4 is 69.4 Å². The van der Waals surface area contributed by atoms with Gasteiger partial charge in [-0.05, 0) is 36.4 Å². The van der Waals surface area contributed by atoms with Crippen LogP contribution < -0.4 is 5.73 Å². The standard InChI is InChI=1S/C16H9Cl3N2S2/c17-11-5-6-12(18)15(19)14(11)13-7-4-10(23-13)3-1-2-9(8-20)16(21)22/h1-7H,(H2,21,22)/b3-1+,9-2-. The molecule has 0 spiro atoms. The lowest BCUT2D eigenvalue weighted by atomic mass is 10.2. The second-order valence-corrected chi connectivity index (χ2v) is 7.08. The maximum atomic E-state index is 8.87. The van der Waals surface area contributed by atoms with Crippen LogP contribution in [-0.2, 0) is 0 Å². The second kappa shape index (κ2) is 7.96. The van der Waals surface area contributed by atoms with E-state index in [0.717, 1.165) is 9.75 Å². The summed E-state index contributed by atoms with van der Waals surface area (Å²) >= 11 is 24.8. The summed E-state index contributed by atoms with van der Waals surface area (Å²) in [6.45, 7) is 0. The summed E-state index contributed by atoms with van der Waals surface area (Å²) in [5, 5.41) is 10.3. The molecule has 2 N–H and O–H groups in total. The van der Waals surface area contributed by atoms with E-state index in [9.17, 15) is 0 Å². The highest BCUT2D eigenvalue weighted by molar-refractivity contribution is 7.80. The zero-order chi connectivity index (χ0) is 17.0. The van der Waals surface area contributed by atoms with Crippen LogP contribution in [0, 0.1) is 11.3 Å². The van der Waals surface area contributed by atoms with Crippen molar-refractivity contribution in [1.29, 1.82) is 5.26 Å². The van der Waals surface area contributed by atoms with Gasteiger partial charge in [-0.25, -0.2) is 0 Å². The summed E-state index contributed by atoms with van der Waals surface area (Å²) in [5.41, 5.74) is 6.39. The highest BCUT2D eigenvalue weighted by atomic mass is 35.5. The number of nitrogens with zero attached hydrogens (tertiary/aromatic N) is 1. The van der Waals surface area contributed by atoms with E-state index in [0.29, 0.717) is 20.6 Å². The molecular weight excluding hydrogens is 391 g/mol. The van der Waals surface area contributed by atoms with E-state index in [1.165, 1.54) is 11.3 Å². The van der Waals surface area contributed by atoms with E-state index in [4.69, 9.17) is 58.0 Å². The molecule has 23 heavy (non-hydrogen) atoms. The third-order valence-electron chi connectivity index (χ3n) is 2.83. The van der Waals surface area contributed by atoms with E-state index in [1.54, 1.807) is 24.3 Å². The van der Waals surface area contributed by atoms with Crippen molar-refractivity contribution in [3.8, 4) is 16.5 Å². The maximum absolute atomic E-state index is 8.87. The monoisotopic (exact) mass is 398 g/mol. The lowest BCUT2D eigenvalue weighted by molar-refractivity contribution is 1.51. The highest BCUT2D eigenvalue weighted by Gasteiger charge is 2.13. The van der Waals surface area contributed by atoms with Crippen molar-refractivity contribution in [2.24, 2.45) is 5.73 Å². The van der Waals surface area contributed by atoms with Crippen LogP contribution in [0.25, 0.3) is 16.5 Å². The molecule has 0 unspecified atom stereocenters. The van der Waals surface area contributed by atoms with Crippen LogP contribution in [0.1, 0.15) is 4.88 Å². The number of rotatable bonds is 4. The van der Waals surface area contributed by atoms with Gasteiger partial charge in [0.15, 0.2) is 0 Å². The van der Waals surface area contributed by atoms with Gasteiger partial charge in [-0.2, -0.15) is 5.26 Å². The largest absolute Gasteiger partial charge is 0.389 e. The second-order valence-electron chi connectivity index (χ2n) is 4.34. The molecule has 0 atom stereocenters. The minimum Gasteiger partial charge on any atom is -0.389 e. The molecule has 1 aromatic heterocycles. The van der Waals surface area contributed by atoms with Crippen LogP contribution in [-0.4, -0.2) is 4.99 Å². The molecule has 0 saturated heterocycles. The molecule has 2 rings (SSSR count). The molecule has 7 heteroatoms. The fourth-order valence-corrected chi connectivity index (χ4v) is 3.69. The van der Waals surface area contributed by atoms with Gasteiger partial charge < -0.3 is 5.73 Å². The van der Waals surface area contributed by atoms with E-state index < -0.39 is 0 Å². The summed E-state index contributed by atoms with van der Waals surface area (Å²) in [5.74, 6) is 0. The SMILES string of the molecule is N#C/C(=C/C=C/c1ccc(-c2c(Cl)ccc(Cl)c2Cl)s1)C(N)=S. The van der Waals surface area contributed by atoms with Gasteiger partial charge in [-0.15, -0.1) is 11.3 Å². The van der Waals surface area contributed by atoms with Crippen LogP contribution in [0.3, 0.4) is 0 Å². The predicted molar refractivity (Wildman–Crippen MR) is 104 cm³/mol. The summed E-state index contributed by atoms with van der Waals surface area (Å²) in [6.07, 6.45) is 5.13. The van der Waals surface area contributed by atoms with Gasteiger partial charge in [-0.3, -0.25) is 0 Å². The third-order valence-corrected chi connectivity index (χ3v) is 5.23. The first kappa shape index (κ1) is 18.0. The van der Waals surface area contributed by atoms with Gasteiger partial charge in [0.1, 0.15) is 11.1 Å². The summed E-state index contributed by atoms with van der Waals surface area (Å²) < 4.78 is 0. The Balaban J connectivity index is 2.31. The molecule has 0 bridgehead atoms. The molecule has 1 heterocycles. The van der Waals surface area contributed by atoms with E-state index in [1.807, 2.05) is 24.3 Å². The van der Waals surface area contributed by atoms with Crippen molar-refractivity contribution < 1.29 is 0 Å². The number of hydrogen-bond donors (Lipinski definition) is 1. The molecule has 0 radical (unpaired) electrons. The first-order valence-corrected chi connectivity index (χ1v) is 8.62. The maximum Gasteiger partial charge on any atom is 0.114 e. The van der Waals surface area contributed by atoms with Crippen molar-refractivity contribution in [3.63, 3.8) is 0 Å². The average molecular weight is 400 g/mol. The Hall–Kier alpha value is -1.35. The lowest BCUT2D eigenvalue weighted by Gasteiger charge is -2.05. The Labute approximate surface area is 158 Å². The van der Waals surface area contributed by atoms with E-state index in [2.05, 4.69) is 0 Å². The first-order valence-electron chi connectivity index (χ1n) is 6.26. The van der Waals surface area contributed by atoms with Gasteiger partial charge in [0, 0.05) is 15.3 Å². The van der Waals surface area contributed by atoms with Crippen molar-refractivity contribution in [2.75, 3.05) is 0 Å². The third kappa shape index (κ3) is 4.35.